The van der Waals surface area contributed by atoms with E-state index in [9.17, 15) is 9.59 Å². The van der Waals surface area contributed by atoms with Crippen LogP contribution in [0.3, 0.4) is 0 Å². The highest BCUT2D eigenvalue weighted by atomic mass is 35.5. The fraction of sp³-hybridized carbons (Fsp3) is 0.120. The Morgan fingerprint density at radius 2 is 1.70 bits per heavy atom. The quantitative estimate of drug-likeness (QED) is 0.188. The lowest BCUT2D eigenvalue weighted by Gasteiger charge is -2.14. The van der Waals surface area contributed by atoms with Gasteiger partial charge in [0.1, 0.15) is 24.5 Å². The first kappa shape index (κ1) is 22.7. The second kappa shape index (κ2) is 10.4. The Kier molecular flexibility index (Phi) is 7.17. The smallest absolute Gasteiger partial charge is 0.336 e. The monoisotopic (exact) mass is 483 g/mol. The average molecular weight is 484 g/mol. The summed E-state index contributed by atoms with van der Waals surface area (Å²) < 4.78 is 16.0. The van der Waals surface area contributed by atoms with Crippen LogP contribution in [0, 0.1) is 0 Å². The summed E-state index contributed by atoms with van der Waals surface area (Å²) in [6.45, 7) is 0.274. The molecule has 33 heavy (non-hydrogen) atoms. The van der Waals surface area contributed by atoms with Gasteiger partial charge in [0, 0.05) is 17.1 Å². The summed E-state index contributed by atoms with van der Waals surface area (Å²) in [5.41, 5.74) is 2.10. The number of hydrogen-bond donors (Lipinski definition) is 1. The molecule has 0 spiro atoms. The molecule has 0 radical (unpaired) electrons. The zero-order valence-corrected chi connectivity index (χ0v) is 18.9. The van der Waals surface area contributed by atoms with Gasteiger partial charge in [0.05, 0.1) is 22.2 Å². The van der Waals surface area contributed by atoms with E-state index in [1.54, 1.807) is 42.5 Å². The minimum Gasteiger partial charge on any atom is -0.490 e. The summed E-state index contributed by atoms with van der Waals surface area (Å²) in [5.74, 6) is 0.192. The molecule has 3 aromatic carbocycles. The van der Waals surface area contributed by atoms with E-state index in [2.05, 4.69) is 5.32 Å². The van der Waals surface area contributed by atoms with Crippen LogP contribution in [-0.4, -0.2) is 19.2 Å². The van der Waals surface area contributed by atoms with Gasteiger partial charge in [0.15, 0.2) is 0 Å². The number of para-hydroxylation sites is 2. The van der Waals surface area contributed by atoms with Crippen molar-refractivity contribution in [3.8, 4) is 5.75 Å². The third-order valence-electron chi connectivity index (χ3n) is 4.78. The minimum atomic E-state index is -0.408. The highest BCUT2D eigenvalue weighted by Gasteiger charge is 2.12. The van der Waals surface area contributed by atoms with Gasteiger partial charge in [-0.3, -0.25) is 4.79 Å². The van der Waals surface area contributed by atoms with E-state index in [1.165, 1.54) is 6.07 Å². The number of rotatable bonds is 8. The van der Waals surface area contributed by atoms with Crippen LogP contribution in [-0.2, 0) is 16.0 Å². The van der Waals surface area contributed by atoms with Crippen LogP contribution in [0.1, 0.15) is 5.56 Å². The molecule has 0 unspecified atom stereocenters. The molecular weight excluding hydrogens is 465 g/mol. The van der Waals surface area contributed by atoms with Gasteiger partial charge in [-0.2, -0.15) is 0 Å². The molecule has 0 bridgehead atoms. The predicted octanol–water partition coefficient (Wildman–Crippen LogP) is 6.01. The molecule has 1 aromatic heterocycles. The fourth-order valence-electron chi connectivity index (χ4n) is 3.21. The Balaban J connectivity index is 1.31. The molecule has 6 nitrogen and oxygen atoms in total. The van der Waals surface area contributed by atoms with Crippen LogP contribution in [0.4, 0.5) is 11.4 Å². The Hall–Kier alpha value is -3.48. The maximum atomic E-state index is 12.4. The maximum Gasteiger partial charge on any atom is 0.336 e. The van der Waals surface area contributed by atoms with Crippen molar-refractivity contribution in [2.45, 2.75) is 6.42 Å². The van der Waals surface area contributed by atoms with Gasteiger partial charge < -0.3 is 19.2 Å². The largest absolute Gasteiger partial charge is 0.490 e. The summed E-state index contributed by atoms with van der Waals surface area (Å²) >= 11 is 12.5. The first-order chi connectivity index (χ1) is 16.0. The first-order valence-electron chi connectivity index (χ1n) is 10.1. The molecule has 8 heteroatoms. The molecule has 1 heterocycles. The number of nitrogens with one attached hydrogen (secondary N) is 1. The molecule has 0 saturated carbocycles. The molecule has 0 amide bonds. The topological polar surface area (TPSA) is 77.8 Å². The van der Waals surface area contributed by atoms with E-state index in [-0.39, 0.29) is 19.6 Å². The number of carbonyl (C=O) groups excluding carboxylic acids is 1. The predicted molar refractivity (Wildman–Crippen MR) is 129 cm³/mol. The first-order valence-corrected chi connectivity index (χ1v) is 10.9. The second-order valence-corrected chi connectivity index (χ2v) is 7.89. The van der Waals surface area contributed by atoms with Crippen molar-refractivity contribution in [3.63, 3.8) is 0 Å². The molecule has 0 saturated heterocycles. The van der Waals surface area contributed by atoms with E-state index in [1.807, 2.05) is 24.3 Å². The highest BCUT2D eigenvalue weighted by molar-refractivity contribution is 6.39. The Morgan fingerprint density at radius 1 is 0.909 bits per heavy atom. The van der Waals surface area contributed by atoms with Crippen molar-refractivity contribution in [2.75, 3.05) is 18.5 Å². The van der Waals surface area contributed by atoms with E-state index in [0.717, 1.165) is 10.9 Å². The lowest BCUT2D eigenvalue weighted by atomic mass is 10.1. The Morgan fingerprint density at radius 3 is 2.52 bits per heavy atom. The molecule has 0 aliphatic rings. The summed E-state index contributed by atoms with van der Waals surface area (Å²) in [7, 11) is 0. The number of fused-ring (bicyclic) bond motifs is 1. The molecule has 4 aromatic rings. The number of benzene rings is 3. The number of hydrogen-bond acceptors (Lipinski definition) is 6. The number of halogens is 2. The van der Waals surface area contributed by atoms with Gasteiger partial charge in [-0.1, -0.05) is 47.5 Å². The summed E-state index contributed by atoms with van der Waals surface area (Å²) in [6.07, 6.45) is 0.0697. The summed E-state index contributed by atoms with van der Waals surface area (Å²) in [5, 5.41) is 4.90. The van der Waals surface area contributed by atoms with Gasteiger partial charge >= 0.3 is 11.6 Å². The van der Waals surface area contributed by atoms with Crippen molar-refractivity contribution in [1.29, 1.82) is 0 Å². The van der Waals surface area contributed by atoms with Crippen LogP contribution < -0.4 is 15.7 Å². The maximum absolute atomic E-state index is 12.4. The van der Waals surface area contributed by atoms with Crippen molar-refractivity contribution >= 4 is 51.5 Å². The van der Waals surface area contributed by atoms with Crippen LogP contribution in [0.5, 0.6) is 5.75 Å². The van der Waals surface area contributed by atoms with Crippen LogP contribution in [0.15, 0.2) is 82.0 Å². The molecule has 0 atom stereocenters. The van der Waals surface area contributed by atoms with Crippen LogP contribution in [0.2, 0.25) is 10.0 Å². The Labute approximate surface area is 199 Å². The van der Waals surface area contributed by atoms with E-state index >= 15 is 0 Å². The molecule has 4 rings (SSSR count). The second-order valence-electron chi connectivity index (χ2n) is 7.08. The average Bonchev–Trinajstić information content (AvgIpc) is 2.80. The van der Waals surface area contributed by atoms with Crippen LogP contribution in [0.25, 0.3) is 11.0 Å². The lowest BCUT2D eigenvalue weighted by Crippen LogP contribution is -2.14. The van der Waals surface area contributed by atoms with Crippen molar-refractivity contribution in [2.24, 2.45) is 0 Å². The zero-order chi connectivity index (χ0) is 23.2. The normalized spacial score (nSPS) is 10.7. The van der Waals surface area contributed by atoms with Gasteiger partial charge in [-0.15, -0.1) is 0 Å². The fourth-order valence-corrected chi connectivity index (χ4v) is 3.70. The summed E-state index contributed by atoms with van der Waals surface area (Å²) in [4.78, 5) is 23.6. The van der Waals surface area contributed by atoms with Crippen LogP contribution >= 0.6 is 23.2 Å². The number of carbonyl (C=O) groups is 1. The van der Waals surface area contributed by atoms with Crippen molar-refractivity contribution < 1.29 is 18.7 Å². The molecular formula is C25H19Cl2NO5. The number of ether oxygens (including phenoxy) is 2. The molecule has 0 aliphatic heterocycles. The number of esters is 1. The Bertz CT molecular complexity index is 1330. The van der Waals surface area contributed by atoms with E-state index in [0.29, 0.717) is 32.8 Å². The molecule has 0 aliphatic carbocycles. The number of anilines is 2. The standard InChI is InChI=1S/C25H19Cl2NO5/c26-19-5-3-6-20(27)25(19)28-21-7-2-1-4-16(21)15-24(30)32-13-12-31-18-9-10-22-17(14-18)8-11-23(29)33-22/h1-11,14,28H,12-13,15H2. The molecule has 168 valence electrons. The van der Waals surface area contributed by atoms with Gasteiger partial charge in [0.25, 0.3) is 0 Å². The molecule has 1 N–H and O–H groups in total. The van der Waals surface area contributed by atoms with E-state index < -0.39 is 11.6 Å². The van der Waals surface area contributed by atoms with E-state index in [4.69, 9.17) is 37.1 Å². The highest BCUT2D eigenvalue weighted by Crippen LogP contribution is 2.33. The lowest BCUT2D eigenvalue weighted by molar-refractivity contribution is -0.143. The zero-order valence-electron chi connectivity index (χ0n) is 17.3. The van der Waals surface area contributed by atoms with Crippen molar-refractivity contribution in [3.05, 3.63) is 98.8 Å². The van der Waals surface area contributed by atoms with Gasteiger partial charge in [-0.05, 0) is 48.0 Å². The third kappa shape index (κ3) is 5.86. The van der Waals surface area contributed by atoms with Crippen molar-refractivity contribution in [1.82, 2.24) is 0 Å². The summed E-state index contributed by atoms with van der Waals surface area (Å²) in [6, 6.07) is 20.7. The minimum absolute atomic E-state index is 0.0697. The SMILES string of the molecule is O=C(Cc1ccccc1Nc1c(Cl)cccc1Cl)OCCOc1ccc2oc(=O)ccc2c1. The van der Waals surface area contributed by atoms with Gasteiger partial charge in [-0.25, -0.2) is 4.79 Å². The molecule has 0 fully saturated rings. The van der Waals surface area contributed by atoms with Gasteiger partial charge in [0.2, 0.25) is 0 Å². The third-order valence-corrected chi connectivity index (χ3v) is 5.41.